The number of amides is 10. The van der Waals surface area contributed by atoms with E-state index in [1.807, 2.05) is 0 Å². The van der Waals surface area contributed by atoms with Crippen LogP contribution in [0.1, 0.15) is 69.9 Å². The Morgan fingerprint density at radius 3 is 1.89 bits per heavy atom. The average Bonchev–Trinajstić information content (AvgIpc) is 3.85. The van der Waals surface area contributed by atoms with Gasteiger partial charge in [-0.25, -0.2) is 0 Å². The molecule has 0 radical (unpaired) electrons. The van der Waals surface area contributed by atoms with Gasteiger partial charge >= 0.3 is 0 Å². The molecular weight excluding hydrogens is 987 g/mol. The summed E-state index contributed by atoms with van der Waals surface area (Å²) in [6.45, 7) is 3.11. The second-order valence-corrected chi connectivity index (χ2v) is 18.3. The van der Waals surface area contributed by atoms with Gasteiger partial charge in [0.1, 0.15) is 48.0 Å². The number of hydrogen-bond donors (Lipinski definition) is 14. The summed E-state index contributed by atoms with van der Waals surface area (Å²) >= 11 is 8.39. The number of hydrogen-bond acceptors (Lipinski definition) is 14. The van der Waals surface area contributed by atoms with E-state index in [2.05, 4.69) is 67.5 Å². The van der Waals surface area contributed by atoms with Crippen molar-refractivity contribution < 1.29 is 53.1 Å². The fraction of sp³-hybridized carbons (Fsp3) is 0.511. The number of nitrogens with two attached hydrogens (primary N) is 4. The minimum Gasteiger partial charge on any atom is -0.508 e. The quantitative estimate of drug-likeness (QED) is 0.0160. The summed E-state index contributed by atoms with van der Waals surface area (Å²) in [7, 11) is 0. The molecule has 2 aromatic rings. The molecule has 10 amide bonds. The molecule has 0 unspecified atom stereocenters. The van der Waals surface area contributed by atoms with Crippen LogP contribution in [0.2, 0.25) is 0 Å². The van der Waals surface area contributed by atoms with Crippen molar-refractivity contribution in [1.82, 2.24) is 42.1 Å². The summed E-state index contributed by atoms with van der Waals surface area (Å²) in [4.78, 5) is 139. The Bertz CT molecular complexity index is 2270. The Hall–Kier alpha value is -7.09. The number of guanidine groups is 1. The highest BCUT2D eigenvalue weighted by Gasteiger charge is 2.40. The molecule has 0 saturated carbocycles. The van der Waals surface area contributed by atoms with Gasteiger partial charge in [-0.15, -0.1) is 0 Å². The Labute approximate surface area is 434 Å². The van der Waals surface area contributed by atoms with Crippen molar-refractivity contribution in [3.8, 4) is 5.75 Å². The molecular formula is C47H69N13O11S2. The van der Waals surface area contributed by atoms with E-state index in [4.69, 9.17) is 22.9 Å². The third-order valence-electron chi connectivity index (χ3n) is 11.8. The van der Waals surface area contributed by atoms with Crippen molar-refractivity contribution >= 4 is 90.3 Å². The molecule has 0 aromatic heterocycles. The van der Waals surface area contributed by atoms with Crippen molar-refractivity contribution in [3.63, 3.8) is 0 Å². The van der Waals surface area contributed by atoms with Gasteiger partial charge in [0.25, 0.3) is 0 Å². The van der Waals surface area contributed by atoms with Crippen LogP contribution in [-0.4, -0.2) is 148 Å². The van der Waals surface area contributed by atoms with Crippen LogP contribution < -0.4 is 60.2 Å². The van der Waals surface area contributed by atoms with Gasteiger partial charge in [0.15, 0.2) is 5.96 Å². The van der Waals surface area contributed by atoms with Gasteiger partial charge in [-0.05, 0) is 60.6 Å². The Kier molecular flexibility index (Phi) is 25.3. The van der Waals surface area contributed by atoms with Crippen LogP contribution in [-0.2, 0) is 60.8 Å². The van der Waals surface area contributed by atoms with E-state index in [0.717, 1.165) is 0 Å². The molecule has 1 heterocycles. The minimum absolute atomic E-state index is 0.00342. The summed E-state index contributed by atoms with van der Waals surface area (Å²) < 4.78 is 0. The van der Waals surface area contributed by atoms with Crippen LogP contribution >= 0.6 is 25.3 Å². The maximum atomic E-state index is 14.3. The molecule has 0 aliphatic carbocycles. The number of likely N-dealkylation sites (tertiary alicyclic amines) is 1. The molecule has 1 saturated heterocycles. The third-order valence-corrected chi connectivity index (χ3v) is 12.4. The smallest absolute Gasteiger partial charge is 0.246 e. The largest absolute Gasteiger partial charge is 0.508 e. The molecule has 26 heteroatoms. The van der Waals surface area contributed by atoms with E-state index in [0.29, 0.717) is 24.0 Å². The summed E-state index contributed by atoms with van der Waals surface area (Å²) in [5.74, 6) is -8.80. The number of aliphatic imine (C=N–C) groups is 1. The zero-order valence-corrected chi connectivity index (χ0v) is 42.6. The maximum absolute atomic E-state index is 14.3. The summed E-state index contributed by atoms with van der Waals surface area (Å²) in [6.07, 6.45) is 0.361. The van der Waals surface area contributed by atoms with Gasteiger partial charge in [0.2, 0.25) is 59.1 Å². The van der Waals surface area contributed by atoms with Gasteiger partial charge in [-0.2, -0.15) is 25.3 Å². The lowest BCUT2D eigenvalue weighted by atomic mass is 9.96. The zero-order valence-electron chi connectivity index (χ0n) is 40.8. The van der Waals surface area contributed by atoms with Gasteiger partial charge in [0.05, 0.1) is 13.0 Å². The highest BCUT2D eigenvalue weighted by Crippen LogP contribution is 2.20. The molecule has 1 fully saturated rings. The number of thiol groups is 2. The maximum Gasteiger partial charge on any atom is 0.246 e. The lowest BCUT2D eigenvalue weighted by molar-refractivity contribution is -0.142. The fourth-order valence-corrected chi connectivity index (χ4v) is 8.15. The van der Waals surface area contributed by atoms with Gasteiger partial charge in [0, 0.05) is 38.1 Å². The molecule has 1 aliphatic heterocycles. The van der Waals surface area contributed by atoms with Gasteiger partial charge in [-0.1, -0.05) is 62.7 Å². The normalized spacial score (nSPS) is 15.8. The van der Waals surface area contributed by atoms with Crippen LogP contribution in [0.15, 0.2) is 59.6 Å². The molecule has 0 spiro atoms. The molecule has 2 aromatic carbocycles. The summed E-state index contributed by atoms with van der Waals surface area (Å²) in [5.41, 5.74) is 22.7. The SMILES string of the molecule is CC[C@H](C)[C@H](NC(=O)[C@H](Cc1ccccc1)NC(=O)[C@H](Cc1ccc(O)cc1)NC(=O)CCS)C(=O)N[C@@H](CC(N)=O)C(=O)N[C@@H](CS)C(=O)N1CCC[C@H]1C(=O)N[C@H](CCCN=C(N)N)C(=O)NCC(N)=O. The van der Waals surface area contributed by atoms with E-state index in [1.54, 1.807) is 56.3 Å². The topological polar surface area (TPSA) is 395 Å². The minimum atomic E-state index is -1.68. The van der Waals surface area contributed by atoms with Crippen molar-refractivity contribution in [2.24, 2.45) is 33.8 Å². The second-order valence-electron chi connectivity index (χ2n) is 17.4. The Balaban J connectivity index is 1.83. The first-order valence-corrected chi connectivity index (χ1v) is 25.0. The second kappa shape index (κ2) is 30.7. The molecule has 400 valence electrons. The number of phenolic OH excluding ortho intramolecular Hbond substituents is 1. The van der Waals surface area contributed by atoms with E-state index in [9.17, 15) is 53.1 Å². The van der Waals surface area contributed by atoms with Crippen molar-refractivity contribution in [1.29, 1.82) is 0 Å². The van der Waals surface area contributed by atoms with Crippen LogP contribution in [0.25, 0.3) is 0 Å². The highest BCUT2D eigenvalue weighted by molar-refractivity contribution is 7.80. The lowest BCUT2D eigenvalue weighted by Gasteiger charge is -2.31. The fourth-order valence-electron chi connectivity index (χ4n) is 7.70. The number of aromatic hydroxyl groups is 1. The monoisotopic (exact) mass is 1060 g/mol. The molecule has 24 nitrogen and oxygen atoms in total. The number of carbonyl (C=O) groups is 10. The lowest BCUT2D eigenvalue weighted by Crippen LogP contribution is -2.61. The number of phenols is 1. The molecule has 3 rings (SSSR count). The number of carbonyl (C=O) groups excluding carboxylic acids is 10. The van der Waals surface area contributed by atoms with E-state index in [1.165, 1.54) is 17.0 Å². The molecule has 1 aliphatic rings. The number of primary amides is 2. The van der Waals surface area contributed by atoms with Crippen molar-refractivity contribution in [2.75, 3.05) is 31.1 Å². The predicted molar refractivity (Wildman–Crippen MR) is 276 cm³/mol. The predicted octanol–water partition coefficient (Wildman–Crippen LogP) is -3.10. The van der Waals surface area contributed by atoms with E-state index >= 15 is 0 Å². The van der Waals surface area contributed by atoms with Gasteiger partial charge < -0.3 is 70.2 Å². The van der Waals surface area contributed by atoms with Crippen molar-refractivity contribution in [2.45, 2.75) is 114 Å². The first-order valence-electron chi connectivity index (χ1n) is 23.7. The van der Waals surface area contributed by atoms with E-state index < -0.39 is 120 Å². The van der Waals surface area contributed by atoms with Crippen LogP contribution in [0.3, 0.4) is 0 Å². The zero-order chi connectivity index (χ0) is 54.2. The first kappa shape index (κ1) is 60.2. The highest BCUT2D eigenvalue weighted by atomic mass is 32.1. The summed E-state index contributed by atoms with van der Waals surface area (Å²) in [6, 6.07) is 5.49. The first-order chi connectivity index (χ1) is 34.7. The third kappa shape index (κ3) is 20.5. The standard InChI is InChI=1S/C47H69N13O11S2/c1-3-26(2)39(59-43(68)32(21-27-9-5-4-6-10-27)56-41(66)31(54-38(64)17-20-72)22-28-13-15-29(61)16-14-28)45(70)57-33(23-36(48)62)42(67)58-34(25-73)46(71)60-19-8-12-35(60)44(69)55-30(11-7-18-52-47(50)51)40(65)53-24-37(49)63/h4-6,9-10,13-16,26,30-35,39,61,72-73H,3,7-8,11-12,17-25H2,1-2H3,(H2,48,62)(H2,49,63)(H,53,65)(H,54,64)(H,55,69)(H,56,66)(H,57,70)(H,58,67)(H,59,68)(H4,50,51,52)/t26-,30+,31-,32-,33-,34-,35-,39-/m0/s1. The summed E-state index contributed by atoms with van der Waals surface area (Å²) in [5, 5.41) is 27.9. The van der Waals surface area contributed by atoms with Crippen LogP contribution in [0.4, 0.5) is 0 Å². The molecule has 16 N–H and O–H groups in total. The number of rotatable bonds is 30. The molecule has 0 bridgehead atoms. The number of nitrogens with one attached hydrogen (secondary N) is 7. The Morgan fingerprint density at radius 1 is 0.712 bits per heavy atom. The number of nitrogens with zero attached hydrogens (tertiary/aromatic N) is 2. The molecule has 8 atom stereocenters. The molecule has 73 heavy (non-hydrogen) atoms. The van der Waals surface area contributed by atoms with Crippen LogP contribution in [0.5, 0.6) is 5.75 Å². The van der Waals surface area contributed by atoms with Crippen LogP contribution in [0, 0.1) is 5.92 Å². The van der Waals surface area contributed by atoms with Crippen molar-refractivity contribution in [3.05, 3.63) is 65.7 Å². The van der Waals surface area contributed by atoms with Gasteiger partial charge in [-0.3, -0.25) is 52.9 Å². The Morgan fingerprint density at radius 2 is 1.30 bits per heavy atom. The average molecular weight is 1060 g/mol. The number of benzene rings is 2. The van der Waals surface area contributed by atoms with E-state index in [-0.39, 0.29) is 74.8 Å².